The zero-order chi connectivity index (χ0) is 16.6. The molecule has 2 aromatic carbocycles. The molecule has 0 spiro atoms. The Hall–Kier alpha value is -3.22. The van der Waals surface area contributed by atoms with Crippen LogP contribution < -0.4 is 9.64 Å². The third-order valence-electron chi connectivity index (χ3n) is 3.63. The van der Waals surface area contributed by atoms with Gasteiger partial charge < -0.3 is 9.64 Å². The molecule has 7 nitrogen and oxygen atoms in total. The molecule has 0 aromatic heterocycles. The van der Waals surface area contributed by atoms with Crippen LogP contribution in [0.2, 0.25) is 0 Å². The Kier molecular flexibility index (Phi) is 3.53. The molecule has 0 atom stereocenters. The molecule has 23 heavy (non-hydrogen) atoms. The zero-order valence-electron chi connectivity index (χ0n) is 12.5. The van der Waals surface area contributed by atoms with E-state index in [-0.39, 0.29) is 17.3 Å². The molecule has 0 unspecified atom stereocenters. The van der Waals surface area contributed by atoms with Crippen molar-refractivity contribution in [3.8, 4) is 5.75 Å². The van der Waals surface area contributed by atoms with Crippen molar-refractivity contribution in [1.82, 2.24) is 0 Å². The Morgan fingerprint density at radius 3 is 2.48 bits per heavy atom. The van der Waals surface area contributed by atoms with Crippen molar-refractivity contribution in [2.75, 3.05) is 19.1 Å². The molecule has 0 N–H and O–H groups in total. The van der Waals surface area contributed by atoms with Crippen LogP contribution in [0.5, 0.6) is 5.75 Å². The van der Waals surface area contributed by atoms with Gasteiger partial charge in [-0.15, -0.1) is 0 Å². The summed E-state index contributed by atoms with van der Waals surface area (Å²) in [5, 5.41) is 11.0. The summed E-state index contributed by atoms with van der Waals surface area (Å²) in [6, 6.07) is 11.2. The van der Waals surface area contributed by atoms with Crippen LogP contribution in [0.15, 0.2) is 47.5 Å². The number of carbonyl (C=O) groups excluding carboxylic acids is 1. The lowest BCUT2D eigenvalue weighted by atomic mass is 10.1. The van der Waals surface area contributed by atoms with E-state index in [9.17, 15) is 14.9 Å². The number of nitrogens with zero attached hydrogens (tertiary/aromatic N) is 3. The van der Waals surface area contributed by atoms with E-state index in [0.717, 1.165) is 0 Å². The van der Waals surface area contributed by atoms with Gasteiger partial charge in [0.25, 0.3) is 11.6 Å². The molecule has 0 aliphatic carbocycles. The van der Waals surface area contributed by atoms with Gasteiger partial charge in [0.15, 0.2) is 0 Å². The van der Waals surface area contributed by atoms with Crippen LogP contribution in [-0.2, 0) is 4.79 Å². The number of benzene rings is 2. The highest BCUT2D eigenvalue weighted by atomic mass is 16.6. The molecule has 2 aromatic rings. The maximum absolute atomic E-state index is 12.4. The molecule has 0 saturated carbocycles. The average molecular weight is 311 g/mol. The van der Waals surface area contributed by atoms with Crippen molar-refractivity contribution in [3.05, 3.63) is 58.1 Å². The van der Waals surface area contributed by atoms with Crippen molar-refractivity contribution in [2.24, 2.45) is 4.99 Å². The number of anilines is 1. The van der Waals surface area contributed by atoms with Crippen molar-refractivity contribution in [1.29, 1.82) is 0 Å². The fraction of sp³-hybridized carbons (Fsp3) is 0.125. The van der Waals surface area contributed by atoms with Gasteiger partial charge in [-0.3, -0.25) is 14.9 Å². The molecule has 0 radical (unpaired) electrons. The van der Waals surface area contributed by atoms with Crippen molar-refractivity contribution in [2.45, 2.75) is 0 Å². The van der Waals surface area contributed by atoms with E-state index in [1.165, 1.54) is 17.0 Å². The van der Waals surface area contributed by atoms with Crippen molar-refractivity contribution >= 4 is 28.7 Å². The molecule has 7 heteroatoms. The minimum Gasteiger partial charge on any atom is -0.497 e. The highest BCUT2D eigenvalue weighted by Crippen LogP contribution is 2.32. The summed E-state index contributed by atoms with van der Waals surface area (Å²) in [7, 11) is 3.18. The fourth-order valence-corrected chi connectivity index (χ4v) is 2.40. The summed E-state index contributed by atoms with van der Waals surface area (Å²) in [5.74, 6) is 0.385. The first-order valence-corrected chi connectivity index (χ1v) is 6.81. The third kappa shape index (κ3) is 2.52. The second-order valence-corrected chi connectivity index (χ2v) is 4.98. The number of hydrogen-bond acceptors (Lipinski definition) is 5. The topological polar surface area (TPSA) is 85.0 Å². The van der Waals surface area contributed by atoms with Crippen molar-refractivity contribution in [3.63, 3.8) is 0 Å². The van der Waals surface area contributed by atoms with Crippen molar-refractivity contribution < 1.29 is 14.5 Å². The van der Waals surface area contributed by atoms with Gasteiger partial charge in [0, 0.05) is 24.7 Å². The molecule has 0 saturated heterocycles. The number of ether oxygens (including phenoxy) is 1. The Morgan fingerprint density at radius 2 is 1.87 bits per heavy atom. The number of aliphatic imine (C=N–C) groups is 1. The lowest BCUT2D eigenvalue weighted by Crippen LogP contribution is -2.25. The van der Waals surface area contributed by atoms with Crippen LogP contribution in [0.3, 0.4) is 0 Å². The van der Waals surface area contributed by atoms with E-state index in [4.69, 9.17) is 4.74 Å². The standard InChI is InChI=1S/C16H13N3O4/c1-18-14-8-5-11(19(21)22)9-13(14)15(16(18)20)17-10-3-6-12(23-2)7-4-10/h3-9H,1-2H3. The lowest BCUT2D eigenvalue weighted by molar-refractivity contribution is -0.384. The fourth-order valence-electron chi connectivity index (χ4n) is 2.40. The first-order valence-electron chi connectivity index (χ1n) is 6.81. The summed E-state index contributed by atoms with van der Waals surface area (Å²) in [6.07, 6.45) is 0. The molecule has 0 bridgehead atoms. The van der Waals surface area contributed by atoms with Gasteiger partial charge >= 0.3 is 0 Å². The molecule has 3 rings (SSSR count). The van der Waals surface area contributed by atoms with Crippen LogP contribution in [0.1, 0.15) is 5.56 Å². The number of fused-ring (bicyclic) bond motifs is 1. The van der Waals surface area contributed by atoms with E-state index in [2.05, 4.69) is 4.99 Å². The summed E-state index contributed by atoms with van der Waals surface area (Å²) in [5.41, 5.74) is 1.75. The highest BCUT2D eigenvalue weighted by Gasteiger charge is 2.32. The minimum absolute atomic E-state index is 0.0747. The van der Waals surface area contributed by atoms with Crippen LogP contribution in [0.25, 0.3) is 0 Å². The summed E-state index contributed by atoms with van der Waals surface area (Å²) in [6.45, 7) is 0. The number of nitro benzene ring substituents is 1. The first-order chi connectivity index (χ1) is 11.0. The zero-order valence-corrected chi connectivity index (χ0v) is 12.5. The Labute approximate surface area is 132 Å². The molecule has 0 fully saturated rings. The largest absolute Gasteiger partial charge is 0.497 e. The monoisotopic (exact) mass is 311 g/mol. The van der Waals surface area contributed by atoms with Gasteiger partial charge in [0.2, 0.25) is 0 Å². The number of amides is 1. The summed E-state index contributed by atoms with van der Waals surface area (Å²) < 4.78 is 5.08. The molecule has 1 amide bonds. The van der Waals surface area contributed by atoms with Gasteiger partial charge in [-0.2, -0.15) is 0 Å². The van der Waals surface area contributed by atoms with Gasteiger partial charge in [0.05, 0.1) is 23.4 Å². The lowest BCUT2D eigenvalue weighted by Gasteiger charge is -2.07. The van der Waals surface area contributed by atoms with E-state index in [0.29, 0.717) is 22.7 Å². The number of rotatable bonds is 3. The normalized spacial score (nSPS) is 15.0. The molecular weight excluding hydrogens is 298 g/mol. The van der Waals surface area contributed by atoms with E-state index >= 15 is 0 Å². The number of likely N-dealkylation sites (N-methyl/N-ethyl adjacent to an activating group) is 1. The van der Waals surface area contributed by atoms with Gasteiger partial charge in [-0.1, -0.05) is 0 Å². The minimum atomic E-state index is -0.492. The van der Waals surface area contributed by atoms with Gasteiger partial charge in [0.1, 0.15) is 11.5 Å². The molecule has 116 valence electrons. The number of hydrogen-bond donors (Lipinski definition) is 0. The first kappa shape index (κ1) is 14.7. The Balaban J connectivity index is 2.09. The van der Waals surface area contributed by atoms with E-state index < -0.39 is 4.92 Å². The van der Waals surface area contributed by atoms with Gasteiger partial charge in [-0.05, 0) is 30.3 Å². The number of methoxy groups -OCH3 is 1. The van der Waals surface area contributed by atoms with Crippen LogP contribution >= 0.6 is 0 Å². The molecule has 1 aliphatic rings. The number of non-ortho nitro benzene ring substituents is 1. The van der Waals surface area contributed by atoms with Crippen LogP contribution in [0.4, 0.5) is 17.1 Å². The average Bonchev–Trinajstić information content (AvgIpc) is 2.80. The third-order valence-corrected chi connectivity index (χ3v) is 3.63. The smallest absolute Gasteiger partial charge is 0.277 e. The van der Waals surface area contributed by atoms with Gasteiger partial charge in [-0.25, -0.2) is 4.99 Å². The second-order valence-electron chi connectivity index (χ2n) is 4.98. The summed E-state index contributed by atoms with van der Waals surface area (Å²) in [4.78, 5) is 28.6. The molecule has 1 aliphatic heterocycles. The number of nitro groups is 1. The molecular formula is C16H13N3O4. The maximum Gasteiger partial charge on any atom is 0.277 e. The van der Waals surface area contributed by atoms with Crippen LogP contribution in [-0.4, -0.2) is 30.7 Å². The predicted octanol–water partition coefficient (Wildman–Crippen LogP) is 2.70. The Morgan fingerprint density at radius 1 is 1.17 bits per heavy atom. The molecule has 1 heterocycles. The van der Waals surface area contributed by atoms with E-state index in [1.807, 2.05) is 0 Å². The highest BCUT2D eigenvalue weighted by molar-refractivity contribution is 6.54. The quantitative estimate of drug-likeness (QED) is 0.644. The van der Waals surface area contributed by atoms with Crippen LogP contribution in [0, 0.1) is 10.1 Å². The second kappa shape index (κ2) is 5.53. The number of carbonyl (C=O) groups is 1. The predicted molar refractivity (Wildman–Crippen MR) is 85.7 cm³/mol. The SMILES string of the molecule is COc1ccc(N=C2C(=O)N(C)c3ccc([N+](=O)[O-])cc32)cc1. The maximum atomic E-state index is 12.4. The summed E-state index contributed by atoms with van der Waals surface area (Å²) >= 11 is 0. The Bertz CT molecular complexity index is 828. The van der Waals surface area contributed by atoms with E-state index in [1.54, 1.807) is 44.5 Å².